The lowest BCUT2D eigenvalue weighted by atomic mass is 9.90. The van der Waals surface area contributed by atoms with Crippen LogP contribution < -0.4 is 22.1 Å². The molecule has 0 bridgehead atoms. The molecule has 5 rings (SSSR count). The summed E-state index contributed by atoms with van der Waals surface area (Å²) in [6, 6.07) is 24.9. The molecular formula is C35H43N7O2. The Hall–Kier alpha value is -4.66. The van der Waals surface area contributed by atoms with Crippen molar-refractivity contribution in [1.82, 2.24) is 20.6 Å². The molecule has 0 saturated heterocycles. The van der Waals surface area contributed by atoms with Gasteiger partial charge in [0, 0.05) is 37.4 Å². The van der Waals surface area contributed by atoms with Gasteiger partial charge in [-0.05, 0) is 72.8 Å². The van der Waals surface area contributed by atoms with Crippen molar-refractivity contribution in [3.8, 4) is 0 Å². The van der Waals surface area contributed by atoms with Gasteiger partial charge < -0.3 is 27.1 Å². The molecule has 44 heavy (non-hydrogen) atoms. The Balaban J connectivity index is 1.26. The number of amides is 2. The molecule has 9 heteroatoms. The van der Waals surface area contributed by atoms with E-state index < -0.39 is 5.41 Å². The lowest BCUT2D eigenvalue weighted by Gasteiger charge is -2.24. The van der Waals surface area contributed by atoms with Crippen molar-refractivity contribution in [2.45, 2.75) is 57.4 Å². The first-order valence-electron chi connectivity index (χ1n) is 15.5. The Morgan fingerprint density at radius 3 is 2.55 bits per heavy atom. The summed E-state index contributed by atoms with van der Waals surface area (Å²) in [6.07, 6.45) is 8.67. The predicted octanol–water partition coefficient (Wildman–Crippen LogP) is 4.03. The molecule has 0 unspecified atom stereocenters. The van der Waals surface area contributed by atoms with Crippen LogP contribution in [-0.2, 0) is 28.9 Å². The van der Waals surface area contributed by atoms with Crippen LogP contribution >= 0.6 is 0 Å². The van der Waals surface area contributed by atoms with Gasteiger partial charge in [-0.15, -0.1) is 0 Å². The second-order valence-electron chi connectivity index (χ2n) is 11.8. The lowest BCUT2D eigenvalue weighted by molar-refractivity contribution is -0.128. The van der Waals surface area contributed by atoms with Gasteiger partial charge in [-0.2, -0.15) is 0 Å². The molecule has 1 heterocycles. The Labute approximate surface area is 258 Å². The molecule has 2 amide bonds. The number of hydrogen-bond donors (Lipinski definition) is 5. The topological polar surface area (TPSA) is 151 Å². The molecule has 230 valence electrons. The Morgan fingerprint density at radius 1 is 0.977 bits per heavy atom. The molecule has 4 aromatic rings. The van der Waals surface area contributed by atoms with E-state index in [-0.39, 0.29) is 29.7 Å². The number of guanidine groups is 1. The number of aromatic amines is 1. The van der Waals surface area contributed by atoms with Crippen molar-refractivity contribution in [1.29, 1.82) is 0 Å². The molecule has 1 aliphatic carbocycles. The summed E-state index contributed by atoms with van der Waals surface area (Å²) in [5.74, 6) is 0.110. The summed E-state index contributed by atoms with van der Waals surface area (Å²) in [4.78, 5) is 38.3. The summed E-state index contributed by atoms with van der Waals surface area (Å²) in [5.41, 5.74) is 13.9. The van der Waals surface area contributed by atoms with E-state index in [1.54, 1.807) is 12.5 Å². The first-order valence-corrected chi connectivity index (χ1v) is 15.5. The van der Waals surface area contributed by atoms with E-state index in [1.807, 2.05) is 30.3 Å². The van der Waals surface area contributed by atoms with E-state index in [0.29, 0.717) is 38.8 Å². The van der Waals surface area contributed by atoms with Gasteiger partial charge in [0.05, 0.1) is 11.7 Å². The number of imidazole rings is 1. The normalized spacial score (nSPS) is 18.0. The average Bonchev–Trinajstić information content (AvgIpc) is 3.53. The van der Waals surface area contributed by atoms with Crippen LogP contribution in [0, 0.1) is 11.3 Å². The van der Waals surface area contributed by atoms with Crippen molar-refractivity contribution in [3.63, 3.8) is 0 Å². The van der Waals surface area contributed by atoms with Crippen LogP contribution in [0.1, 0.15) is 48.9 Å². The Morgan fingerprint density at radius 2 is 1.77 bits per heavy atom. The third-order valence-electron chi connectivity index (χ3n) is 8.77. The fourth-order valence-electron chi connectivity index (χ4n) is 6.31. The van der Waals surface area contributed by atoms with Crippen LogP contribution in [0.3, 0.4) is 0 Å². The third-order valence-corrected chi connectivity index (χ3v) is 8.77. The number of benzene rings is 3. The first kappa shape index (κ1) is 30.8. The first-order chi connectivity index (χ1) is 21.4. The highest BCUT2D eigenvalue weighted by Crippen LogP contribution is 2.58. The number of rotatable bonds is 16. The number of carbonyl (C=O) groups excluding carboxylic acids is 2. The van der Waals surface area contributed by atoms with Gasteiger partial charge >= 0.3 is 0 Å². The standard InChI is InChI=1S/C35H43N7O2/c36-34(37)40-19-6-18-35(33(44)39-20-17-26-11-13-27-9-4-5-10-28(27)21-26)22-30(35)31(15-12-25-7-2-1-3-8-25)42-32(43)16-14-29-23-38-24-41-29/h1-5,7-11,13,21,23-24,30-31H,6,12,14-20,22H2,(H,38,41)(H,39,44)(H,42,43)(H4,36,37,40)/t30-,31-,35-/m1/s1. The maximum atomic E-state index is 13.9. The SMILES string of the molecule is NC(N)=NCCC[C@@]1(C(=O)NCCc2ccc3ccccc3c2)C[C@@H]1[C@@H](CCc1ccccc1)NC(=O)CCc1cnc[nH]1. The molecule has 1 aliphatic rings. The highest BCUT2D eigenvalue weighted by atomic mass is 16.2. The van der Waals surface area contributed by atoms with E-state index in [2.05, 4.69) is 68.1 Å². The van der Waals surface area contributed by atoms with Gasteiger partial charge in [-0.3, -0.25) is 14.6 Å². The van der Waals surface area contributed by atoms with Gasteiger partial charge in [-0.25, -0.2) is 4.98 Å². The second-order valence-corrected chi connectivity index (χ2v) is 11.8. The zero-order valence-electron chi connectivity index (χ0n) is 25.2. The summed E-state index contributed by atoms with van der Waals surface area (Å²) in [7, 11) is 0. The number of nitrogens with zero attached hydrogens (tertiary/aromatic N) is 2. The van der Waals surface area contributed by atoms with E-state index >= 15 is 0 Å². The van der Waals surface area contributed by atoms with Gasteiger partial charge in [0.15, 0.2) is 5.96 Å². The molecule has 9 nitrogen and oxygen atoms in total. The molecule has 7 N–H and O–H groups in total. The lowest BCUT2D eigenvalue weighted by Crippen LogP contribution is -2.42. The van der Waals surface area contributed by atoms with Crippen molar-refractivity contribution in [2.75, 3.05) is 13.1 Å². The quantitative estimate of drug-likeness (QED) is 0.0755. The third kappa shape index (κ3) is 8.24. The number of H-pyrrole nitrogens is 1. The van der Waals surface area contributed by atoms with E-state index in [9.17, 15) is 9.59 Å². The van der Waals surface area contributed by atoms with Crippen LogP contribution in [0.2, 0.25) is 0 Å². The van der Waals surface area contributed by atoms with Crippen LogP contribution in [-0.4, -0.2) is 46.9 Å². The average molecular weight is 594 g/mol. The molecule has 1 fully saturated rings. The van der Waals surface area contributed by atoms with Crippen LogP contribution in [0.15, 0.2) is 90.3 Å². The van der Waals surface area contributed by atoms with E-state index in [1.165, 1.54) is 21.9 Å². The minimum atomic E-state index is -0.569. The van der Waals surface area contributed by atoms with Crippen molar-refractivity contribution < 1.29 is 9.59 Å². The monoisotopic (exact) mass is 593 g/mol. The maximum Gasteiger partial charge on any atom is 0.226 e. The number of hydrogen-bond acceptors (Lipinski definition) is 4. The Kier molecular flexibility index (Phi) is 10.3. The minimum Gasteiger partial charge on any atom is -0.370 e. The number of aromatic nitrogens is 2. The number of nitrogens with one attached hydrogen (secondary N) is 3. The number of aryl methyl sites for hydroxylation is 2. The fraction of sp³-hybridized carbons (Fsp3) is 0.371. The van der Waals surface area contributed by atoms with Crippen molar-refractivity contribution in [3.05, 3.63) is 102 Å². The number of aliphatic imine (C=N–C) groups is 1. The number of carbonyl (C=O) groups is 2. The van der Waals surface area contributed by atoms with Crippen LogP contribution in [0.5, 0.6) is 0 Å². The summed E-state index contributed by atoms with van der Waals surface area (Å²) >= 11 is 0. The highest BCUT2D eigenvalue weighted by molar-refractivity contribution is 5.87. The molecular weight excluding hydrogens is 550 g/mol. The zero-order chi connectivity index (χ0) is 30.8. The number of fused-ring (bicyclic) bond motifs is 1. The van der Waals surface area contributed by atoms with Gasteiger partial charge in [0.25, 0.3) is 0 Å². The molecule has 3 aromatic carbocycles. The summed E-state index contributed by atoms with van der Waals surface area (Å²) in [5, 5.41) is 8.94. The van der Waals surface area contributed by atoms with Crippen LogP contribution in [0.4, 0.5) is 0 Å². The minimum absolute atomic E-state index is 0.0179. The highest BCUT2D eigenvalue weighted by Gasteiger charge is 2.61. The van der Waals surface area contributed by atoms with E-state index in [4.69, 9.17) is 11.5 Å². The molecule has 0 radical (unpaired) electrons. The second kappa shape index (κ2) is 14.7. The molecule has 0 spiro atoms. The van der Waals surface area contributed by atoms with Gasteiger partial charge in [0.1, 0.15) is 0 Å². The number of nitrogens with two attached hydrogens (primary N) is 2. The zero-order valence-corrected chi connectivity index (χ0v) is 25.2. The smallest absolute Gasteiger partial charge is 0.226 e. The molecule has 1 aromatic heterocycles. The van der Waals surface area contributed by atoms with Crippen molar-refractivity contribution >= 4 is 28.5 Å². The fourth-order valence-corrected chi connectivity index (χ4v) is 6.31. The predicted molar refractivity (Wildman–Crippen MR) is 175 cm³/mol. The van der Waals surface area contributed by atoms with Gasteiger partial charge in [-0.1, -0.05) is 72.8 Å². The molecule has 3 atom stereocenters. The Bertz CT molecular complexity index is 1550. The van der Waals surface area contributed by atoms with Crippen molar-refractivity contribution in [2.24, 2.45) is 27.8 Å². The molecule has 0 aliphatic heterocycles. The van der Waals surface area contributed by atoms with E-state index in [0.717, 1.165) is 31.4 Å². The maximum absolute atomic E-state index is 13.9. The van der Waals surface area contributed by atoms with Crippen LogP contribution in [0.25, 0.3) is 10.8 Å². The largest absolute Gasteiger partial charge is 0.370 e. The van der Waals surface area contributed by atoms with Gasteiger partial charge in [0.2, 0.25) is 11.8 Å². The summed E-state index contributed by atoms with van der Waals surface area (Å²) < 4.78 is 0. The molecule has 1 saturated carbocycles. The summed E-state index contributed by atoms with van der Waals surface area (Å²) in [6.45, 7) is 1.01.